The Kier molecular flexibility index (Phi) is 12.1. The number of hydrogen-bond donors (Lipinski definition) is 3. The first-order valence-electron chi connectivity index (χ1n) is 17.2. The lowest BCUT2D eigenvalue weighted by Crippen LogP contribution is -2.46. The van der Waals surface area contributed by atoms with Gasteiger partial charge in [-0.15, -0.1) is 0 Å². The van der Waals surface area contributed by atoms with E-state index in [0.29, 0.717) is 48.7 Å². The van der Waals surface area contributed by atoms with E-state index in [1.165, 1.54) is 6.20 Å². The Bertz CT molecular complexity index is 1820. The van der Waals surface area contributed by atoms with Crippen molar-refractivity contribution in [3.8, 4) is 5.69 Å². The van der Waals surface area contributed by atoms with Gasteiger partial charge < -0.3 is 25.5 Å². The highest BCUT2D eigenvalue weighted by atomic mass is 16.3. The molecule has 2 aromatic heterocycles. The highest BCUT2D eigenvalue weighted by molar-refractivity contribution is 6.02. The number of carbonyl (C=O) groups is 4. The number of unbranched alkanes of at least 4 members (excludes halogenated alkanes) is 2. The van der Waals surface area contributed by atoms with Crippen molar-refractivity contribution in [3.63, 3.8) is 0 Å². The van der Waals surface area contributed by atoms with Crippen molar-refractivity contribution in [2.45, 2.75) is 65.5 Å². The van der Waals surface area contributed by atoms with Gasteiger partial charge in [-0.2, -0.15) is 5.10 Å². The number of carbonyl (C=O) groups excluding carboxylic acids is 4. The summed E-state index contributed by atoms with van der Waals surface area (Å²) in [7, 11) is 0. The molecular weight excluding hydrogens is 634 g/mol. The van der Waals surface area contributed by atoms with Crippen molar-refractivity contribution in [2.24, 2.45) is 0 Å². The van der Waals surface area contributed by atoms with Gasteiger partial charge in [-0.3, -0.25) is 24.2 Å². The third-order valence-corrected chi connectivity index (χ3v) is 8.86. The molecule has 2 aromatic carbocycles. The summed E-state index contributed by atoms with van der Waals surface area (Å²) in [6.07, 6.45) is 7.15. The van der Waals surface area contributed by atoms with E-state index in [2.05, 4.69) is 29.5 Å². The molecular formula is C38H45N7O5. The van der Waals surface area contributed by atoms with Crippen LogP contribution in [-0.4, -0.2) is 85.6 Å². The highest BCUT2D eigenvalue weighted by Crippen LogP contribution is 2.29. The molecule has 3 N–H and O–H groups in total. The van der Waals surface area contributed by atoms with Gasteiger partial charge >= 0.3 is 0 Å². The number of nitrogens with one attached hydrogen (secondary N) is 2. The molecule has 5 rings (SSSR count). The van der Waals surface area contributed by atoms with E-state index in [-0.39, 0.29) is 36.2 Å². The van der Waals surface area contributed by atoms with E-state index in [1.54, 1.807) is 52.2 Å². The fraction of sp³-hybridized carbons (Fsp3) is 0.368. The lowest BCUT2D eigenvalue weighted by molar-refractivity contribution is -0.115. The van der Waals surface area contributed by atoms with Crippen molar-refractivity contribution in [1.82, 2.24) is 29.9 Å². The molecule has 0 aliphatic carbocycles. The van der Waals surface area contributed by atoms with Crippen molar-refractivity contribution >= 4 is 29.3 Å². The number of aliphatic hydroxyl groups is 1. The molecule has 1 atom stereocenters. The summed E-state index contributed by atoms with van der Waals surface area (Å²) in [6.45, 7) is 7.05. The Morgan fingerprint density at radius 2 is 1.70 bits per heavy atom. The first-order valence-corrected chi connectivity index (χ1v) is 17.2. The Morgan fingerprint density at radius 3 is 2.38 bits per heavy atom. The van der Waals surface area contributed by atoms with Crippen LogP contribution in [0, 0.1) is 6.92 Å². The quantitative estimate of drug-likeness (QED) is 0.177. The molecule has 3 heterocycles. The maximum Gasteiger partial charge on any atom is 0.274 e. The summed E-state index contributed by atoms with van der Waals surface area (Å²) in [6, 6.07) is 17.2. The number of nitrogens with zero attached hydrogens (tertiary/aromatic N) is 5. The van der Waals surface area contributed by atoms with Crippen molar-refractivity contribution in [3.05, 3.63) is 107 Å². The molecule has 12 heteroatoms. The van der Waals surface area contributed by atoms with E-state index in [9.17, 15) is 24.3 Å². The van der Waals surface area contributed by atoms with Gasteiger partial charge in [0.2, 0.25) is 5.91 Å². The van der Waals surface area contributed by atoms with Gasteiger partial charge in [-0.1, -0.05) is 51.0 Å². The maximum atomic E-state index is 14.5. The number of amides is 4. The predicted octanol–water partition coefficient (Wildman–Crippen LogP) is 4.55. The number of benzene rings is 2. The largest absolute Gasteiger partial charge is 0.394 e. The molecule has 12 nitrogen and oxygen atoms in total. The van der Waals surface area contributed by atoms with E-state index in [1.807, 2.05) is 36.1 Å². The zero-order valence-electron chi connectivity index (χ0n) is 28.9. The second-order valence-corrected chi connectivity index (χ2v) is 12.5. The fourth-order valence-electron chi connectivity index (χ4n) is 6.08. The molecule has 4 amide bonds. The van der Waals surface area contributed by atoms with Crippen LogP contribution in [0.2, 0.25) is 0 Å². The van der Waals surface area contributed by atoms with Crippen LogP contribution in [0.1, 0.15) is 87.6 Å². The Balaban J connectivity index is 1.47. The first-order chi connectivity index (χ1) is 24.2. The normalized spacial score (nSPS) is 13.8. The van der Waals surface area contributed by atoms with Crippen LogP contribution >= 0.6 is 0 Å². The van der Waals surface area contributed by atoms with Crippen LogP contribution in [0.5, 0.6) is 0 Å². The molecule has 0 spiro atoms. The molecule has 0 saturated heterocycles. The van der Waals surface area contributed by atoms with E-state index in [0.717, 1.165) is 36.8 Å². The number of anilines is 1. The Morgan fingerprint density at radius 1 is 0.960 bits per heavy atom. The third-order valence-electron chi connectivity index (χ3n) is 8.86. The van der Waals surface area contributed by atoms with Gasteiger partial charge in [0, 0.05) is 43.4 Å². The highest BCUT2D eigenvalue weighted by Gasteiger charge is 2.32. The molecule has 50 heavy (non-hydrogen) atoms. The molecule has 0 saturated carbocycles. The van der Waals surface area contributed by atoms with Crippen LogP contribution in [0.25, 0.3) is 5.69 Å². The first kappa shape index (κ1) is 35.9. The number of aryl methyl sites for hydroxylation is 1. The summed E-state index contributed by atoms with van der Waals surface area (Å²) < 4.78 is 1.59. The van der Waals surface area contributed by atoms with E-state index < -0.39 is 17.9 Å². The molecule has 0 unspecified atom stereocenters. The van der Waals surface area contributed by atoms with Gasteiger partial charge in [0.15, 0.2) is 5.69 Å². The minimum Gasteiger partial charge on any atom is -0.394 e. The van der Waals surface area contributed by atoms with Crippen molar-refractivity contribution < 1.29 is 24.3 Å². The molecule has 0 radical (unpaired) electrons. The Hall–Kier alpha value is -5.36. The minimum atomic E-state index is -0.490. The van der Waals surface area contributed by atoms with Gasteiger partial charge in [-0.05, 0) is 73.7 Å². The molecule has 4 aromatic rings. The standard InChI is InChI=1S/C38H45N7O5/c1-4-6-17-43(18-7-5-2)38(50)33-19-26(3)45(42-33)34-15-14-30(41-35(47)23-40-36(48)28-13-10-16-39-22-28)21-32(34)37(49)44-24-29-12-9-8-11-27(29)20-31(44)25-46/h8-16,19,21-22,31,46H,4-7,17-18,20,23-25H2,1-3H3,(H,40,48)(H,41,47)/t31-/m0/s1. The molecule has 0 bridgehead atoms. The summed E-state index contributed by atoms with van der Waals surface area (Å²) in [5.41, 5.74) is 4.33. The van der Waals surface area contributed by atoms with Crippen molar-refractivity contribution in [2.75, 3.05) is 31.6 Å². The predicted molar refractivity (Wildman–Crippen MR) is 190 cm³/mol. The molecule has 262 valence electrons. The monoisotopic (exact) mass is 679 g/mol. The average molecular weight is 680 g/mol. The number of rotatable bonds is 14. The minimum absolute atomic E-state index is 0.160. The van der Waals surface area contributed by atoms with E-state index in [4.69, 9.17) is 5.10 Å². The average Bonchev–Trinajstić information content (AvgIpc) is 3.54. The van der Waals surface area contributed by atoms with E-state index >= 15 is 0 Å². The number of fused-ring (bicyclic) bond motifs is 1. The fourth-order valence-corrected chi connectivity index (χ4v) is 6.08. The lowest BCUT2D eigenvalue weighted by atomic mass is 9.93. The summed E-state index contributed by atoms with van der Waals surface area (Å²) in [5, 5.41) is 20.4. The van der Waals surface area contributed by atoms with Crippen LogP contribution in [0.15, 0.2) is 73.1 Å². The number of aromatic nitrogens is 3. The van der Waals surface area contributed by atoms with Gasteiger partial charge in [0.1, 0.15) is 0 Å². The third kappa shape index (κ3) is 8.43. The van der Waals surface area contributed by atoms with Crippen LogP contribution in [0.3, 0.4) is 0 Å². The molecule has 1 aliphatic heterocycles. The van der Waals surface area contributed by atoms with Gasteiger partial charge in [-0.25, -0.2) is 4.68 Å². The zero-order valence-corrected chi connectivity index (χ0v) is 28.9. The summed E-state index contributed by atoms with van der Waals surface area (Å²) in [4.78, 5) is 61.0. The topological polar surface area (TPSA) is 150 Å². The number of pyridine rings is 1. The van der Waals surface area contributed by atoms with Gasteiger partial charge in [0.05, 0.1) is 36.0 Å². The number of hydrogen-bond acceptors (Lipinski definition) is 7. The lowest BCUT2D eigenvalue weighted by Gasteiger charge is -2.36. The smallest absolute Gasteiger partial charge is 0.274 e. The van der Waals surface area contributed by atoms with Crippen LogP contribution in [-0.2, 0) is 17.8 Å². The number of aliphatic hydroxyl groups excluding tert-OH is 1. The van der Waals surface area contributed by atoms with Gasteiger partial charge in [0.25, 0.3) is 17.7 Å². The zero-order chi connectivity index (χ0) is 35.6. The SMILES string of the molecule is CCCCN(CCCC)C(=O)c1cc(C)n(-c2ccc(NC(=O)CNC(=O)c3cccnc3)cc2C(=O)N2Cc3ccccc3C[C@H]2CO)n1. The maximum absolute atomic E-state index is 14.5. The second-order valence-electron chi connectivity index (χ2n) is 12.5. The van der Waals surface area contributed by atoms with Crippen LogP contribution < -0.4 is 10.6 Å². The second kappa shape index (κ2) is 16.8. The summed E-state index contributed by atoms with van der Waals surface area (Å²) in [5.74, 6) is -1.45. The van der Waals surface area contributed by atoms with Crippen molar-refractivity contribution in [1.29, 1.82) is 0 Å². The molecule has 0 fully saturated rings. The Labute approximate surface area is 292 Å². The van der Waals surface area contributed by atoms with Crippen LogP contribution in [0.4, 0.5) is 5.69 Å². The summed E-state index contributed by atoms with van der Waals surface area (Å²) >= 11 is 0. The molecule has 1 aliphatic rings.